The molecular weight excluding hydrogens is 240 g/mol. The number of hydrogen-bond acceptors (Lipinski definition) is 3. The SMILES string of the molecule is CCCCOc1ccc(C(=O)N(CC)CC#N)cc1. The molecule has 1 aromatic rings. The van der Waals surface area contributed by atoms with Crippen molar-refractivity contribution in [2.45, 2.75) is 26.7 Å². The van der Waals surface area contributed by atoms with Gasteiger partial charge >= 0.3 is 0 Å². The molecule has 0 saturated heterocycles. The van der Waals surface area contributed by atoms with Crippen LogP contribution < -0.4 is 4.74 Å². The lowest BCUT2D eigenvalue weighted by atomic mass is 10.2. The highest BCUT2D eigenvalue weighted by Gasteiger charge is 2.13. The van der Waals surface area contributed by atoms with Gasteiger partial charge in [0.25, 0.3) is 5.91 Å². The number of hydrogen-bond donors (Lipinski definition) is 0. The lowest BCUT2D eigenvalue weighted by Gasteiger charge is -2.17. The molecule has 1 rings (SSSR count). The molecule has 0 fully saturated rings. The van der Waals surface area contributed by atoms with Crippen LogP contribution >= 0.6 is 0 Å². The first kappa shape index (κ1) is 15.0. The number of nitriles is 1. The zero-order valence-corrected chi connectivity index (χ0v) is 11.6. The fraction of sp³-hybridized carbons (Fsp3) is 0.467. The van der Waals surface area contributed by atoms with Crippen molar-refractivity contribution in [1.29, 1.82) is 5.26 Å². The van der Waals surface area contributed by atoms with Gasteiger partial charge in [-0.15, -0.1) is 0 Å². The number of carbonyl (C=O) groups is 1. The maximum absolute atomic E-state index is 12.1. The van der Waals surface area contributed by atoms with Crippen LogP contribution in [0.4, 0.5) is 0 Å². The summed E-state index contributed by atoms with van der Waals surface area (Å²) >= 11 is 0. The van der Waals surface area contributed by atoms with Gasteiger partial charge in [-0.05, 0) is 37.6 Å². The summed E-state index contributed by atoms with van der Waals surface area (Å²) in [6.07, 6.45) is 2.11. The number of rotatable bonds is 7. The van der Waals surface area contributed by atoms with Crippen molar-refractivity contribution in [2.24, 2.45) is 0 Å². The summed E-state index contributed by atoms with van der Waals surface area (Å²) in [7, 11) is 0. The van der Waals surface area contributed by atoms with E-state index >= 15 is 0 Å². The third-order valence-electron chi connectivity index (χ3n) is 2.80. The Hall–Kier alpha value is -2.02. The first-order chi connectivity index (χ1) is 9.22. The normalized spacial score (nSPS) is 9.74. The standard InChI is InChI=1S/C15H20N2O2/c1-3-5-12-19-14-8-6-13(7-9-14)15(18)17(4-2)11-10-16/h6-9H,3-5,11-12H2,1-2H3. The molecule has 1 aromatic carbocycles. The predicted molar refractivity (Wildman–Crippen MR) is 74.0 cm³/mol. The molecule has 102 valence electrons. The van der Waals surface area contributed by atoms with Crippen molar-refractivity contribution in [3.05, 3.63) is 29.8 Å². The minimum Gasteiger partial charge on any atom is -0.494 e. The summed E-state index contributed by atoms with van der Waals surface area (Å²) in [6, 6.07) is 9.06. The van der Waals surface area contributed by atoms with Crippen LogP contribution in [-0.2, 0) is 0 Å². The molecule has 0 atom stereocenters. The second-order valence-electron chi connectivity index (χ2n) is 4.20. The lowest BCUT2D eigenvalue weighted by molar-refractivity contribution is 0.0784. The van der Waals surface area contributed by atoms with Gasteiger partial charge < -0.3 is 9.64 Å². The highest BCUT2D eigenvalue weighted by molar-refractivity contribution is 5.94. The summed E-state index contributed by atoms with van der Waals surface area (Å²) in [5.74, 6) is 0.650. The van der Waals surface area contributed by atoms with Crippen LogP contribution in [0.15, 0.2) is 24.3 Å². The predicted octanol–water partition coefficient (Wildman–Crippen LogP) is 2.85. The molecule has 4 nitrogen and oxygen atoms in total. The van der Waals surface area contributed by atoms with E-state index in [2.05, 4.69) is 6.92 Å². The average molecular weight is 260 g/mol. The molecule has 0 radical (unpaired) electrons. The molecule has 0 heterocycles. The van der Waals surface area contributed by atoms with E-state index in [0.29, 0.717) is 18.7 Å². The van der Waals surface area contributed by atoms with Gasteiger partial charge in [0.1, 0.15) is 12.3 Å². The average Bonchev–Trinajstić information content (AvgIpc) is 2.45. The van der Waals surface area contributed by atoms with Crippen LogP contribution in [0.2, 0.25) is 0 Å². The van der Waals surface area contributed by atoms with Gasteiger partial charge in [-0.25, -0.2) is 0 Å². The second kappa shape index (κ2) is 8.15. The van der Waals surface area contributed by atoms with E-state index in [-0.39, 0.29) is 12.5 Å². The smallest absolute Gasteiger partial charge is 0.254 e. The topological polar surface area (TPSA) is 53.3 Å². The molecule has 4 heteroatoms. The highest BCUT2D eigenvalue weighted by Crippen LogP contribution is 2.14. The van der Waals surface area contributed by atoms with E-state index in [9.17, 15) is 4.79 Å². The summed E-state index contributed by atoms with van der Waals surface area (Å²) in [5.41, 5.74) is 0.583. The van der Waals surface area contributed by atoms with E-state index in [0.717, 1.165) is 18.6 Å². The zero-order chi connectivity index (χ0) is 14.1. The number of carbonyl (C=O) groups excluding carboxylic acids is 1. The quantitative estimate of drug-likeness (QED) is 0.559. The van der Waals surface area contributed by atoms with Gasteiger partial charge in [0.15, 0.2) is 0 Å². The minimum atomic E-state index is -0.121. The van der Waals surface area contributed by atoms with E-state index in [1.807, 2.05) is 13.0 Å². The number of ether oxygens (including phenoxy) is 1. The van der Waals surface area contributed by atoms with E-state index in [1.165, 1.54) is 4.90 Å². The summed E-state index contributed by atoms with van der Waals surface area (Å²) in [5, 5.41) is 8.66. The van der Waals surface area contributed by atoms with Gasteiger partial charge in [-0.2, -0.15) is 5.26 Å². The van der Waals surface area contributed by atoms with Crippen LogP contribution in [0.1, 0.15) is 37.0 Å². The van der Waals surface area contributed by atoms with Crippen LogP contribution in [0.25, 0.3) is 0 Å². The molecule has 0 saturated carbocycles. The van der Waals surface area contributed by atoms with Crippen LogP contribution in [0, 0.1) is 11.3 Å². The van der Waals surface area contributed by atoms with Crippen molar-refractivity contribution < 1.29 is 9.53 Å². The molecule has 0 N–H and O–H groups in total. The number of amides is 1. The van der Waals surface area contributed by atoms with Crippen LogP contribution in [0.5, 0.6) is 5.75 Å². The molecule has 19 heavy (non-hydrogen) atoms. The first-order valence-electron chi connectivity index (χ1n) is 6.62. The van der Waals surface area contributed by atoms with Crippen molar-refractivity contribution in [3.8, 4) is 11.8 Å². The Balaban J connectivity index is 2.65. The zero-order valence-electron chi connectivity index (χ0n) is 11.6. The Labute approximate surface area is 114 Å². The van der Waals surface area contributed by atoms with E-state index in [4.69, 9.17) is 10.00 Å². The fourth-order valence-corrected chi connectivity index (χ4v) is 1.62. The van der Waals surface area contributed by atoms with Gasteiger partial charge in [-0.1, -0.05) is 13.3 Å². The summed E-state index contributed by atoms with van der Waals surface area (Å²) in [4.78, 5) is 13.6. The Morgan fingerprint density at radius 2 is 2.00 bits per heavy atom. The first-order valence-corrected chi connectivity index (χ1v) is 6.62. The van der Waals surface area contributed by atoms with Gasteiger partial charge in [0.05, 0.1) is 12.7 Å². The van der Waals surface area contributed by atoms with Crippen LogP contribution in [-0.4, -0.2) is 30.5 Å². The highest BCUT2D eigenvalue weighted by atomic mass is 16.5. The van der Waals surface area contributed by atoms with Crippen molar-refractivity contribution in [2.75, 3.05) is 19.7 Å². The molecule has 0 aliphatic rings. The Kier molecular flexibility index (Phi) is 6.45. The Morgan fingerprint density at radius 3 is 2.53 bits per heavy atom. The van der Waals surface area contributed by atoms with Gasteiger partial charge in [0.2, 0.25) is 0 Å². The molecule has 0 aliphatic carbocycles. The monoisotopic (exact) mass is 260 g/mol. The van der Waals surface area contributed by atoms with Crippen molar-refractivity contribution in [3.63, 3.8) is 0 Å². The third kappa shape index (κ3) is 4.63. The second-order valence-corrected chi connectivity index (χ2v) is 4.20. The number of nitrogens with zero attached hydrogens (tertiary/aromatic N) is 2. The van der Waals surface area contributed by atoms with Gasteiger partial charge in [-0.3, -0.25) is 4.79 Å². The fourth-order valence-electron chi connectivity index (χ4n) is 1.62. The van der Waals surface area contributed by atoms with Crippen LogP contribution in [0.3, 0.4) is 0 Å². The Bertz CT molecular complexity index is 434. The largest absolute Gasteiger partial charge is 0.494 e. The maximum Gasteiger partial charge on any atom is 0.254 e. The number of unbranched alkanes of at least 4 members (excludes halogenated alkanes) is 1. The molecule has 0 bridgehead atoms. The molecule has 0 aliphatic heterocycles. The molecular formula is C15H20N2O2. The van der Waals surface area contributed by atoms with Crippen molar-refractivity contribution >= 4 is 5.91 Å². The third-order valence-corrected chi connectivity index (χ3v) is 2.80. The Morgan fingerprint density at radius 1 is 1.32 bits per heavy atom. The lowest BCUT2D eigenvalue weighted by Crippen LogP contribution is -2.31. The van der Waals surface area contributed by atoms with E-state index < -0.39 is 0 Å². The minimum absolute atomic E-state index is 0.115. The summed E-state index contributed by atoms with van der Waals surface area (Å²) < 4.78 is 5.54. The summed E-state index contributed by atoms with van der Waals surface area (Å²) in [6.45, 7) is 5.31. The maximum atomic E-state index is 12.1. The van der Waals surface area contributed by atoms with Gasteiger partial charge in [0, 0.05) is 12.1 Å². The number of benzene rings is 1. The molecule has 1 amide bonds. The van der Waals surface area contributed by atoms with Crippen molar-refractivity contribution in [1.82, 2.24) is 4.90 Å². The molecule has 0 aromatic heterocycles. The van der Waals surface area contributed by atoms with E-state index in [1.54, 1.807) is 24.3 Å². The molecule has 0 unspecified atom stereocenters. The molecule has 0 spiro atoms.